The maximum absolute atomic E-state index is 4.01. The van der Waals surface area contributed by atoms with E-state index in [2.05, 4.69) is 15.0 Å². The van der Waals surface area contributed by atoms with Crippen molar-refractivity contribution in [3.63, 3.8) is 0 Å². The number of hydrogen-bond donors (Lipinski definition) is 0. The van der Waals surface area contributed by atoms with E-state index in [4.69, 9.17) is 0 Å². The molecule has 0 fully saturated rings. The fourth-order valence-corrected chi connectivity index (χ4v) is 0.777. The first-order valence-electron chi connectivity index (χ1n) is 2.84. The minimum Gasteiger partial charge on any atom is -0.230 e. The van der Waals surface area contributed by atoms with Crippen LogP contribution in [0.15, 0.2) is 0 Å². The van der Waals surface area contributed by atoms with Crippen molar-refractivity contribution in [1.29, 1.82) is 0 Å². The SMILES string of the molecule is Bc1nc(C)nc(C)n1. The van der Waals surface area contributed by atoms with Gasteiger partial charge in [0.2, 0.25) is 0 Å². The molecule has 3 nitrogen and oxygen atoms in total. The third kappa shape index (κ3) is 1.49. The van der Waals surface area contributed by atoms with E-state index in [1.165, 1.54) is 0 Å². The number of nitrogens with zero attached hydrogens (tertiary/aromatic N) is 3. The zero-order valence-corrected chi connectivity index (χ0v) is 5.84. The smallest absolute Gasteiger partial charge is 0.189 e. The predicted octanol–water partition coefficient (Wildman–Crippen LogP) is -1.25. The van der Waals surface area contributed by atoms with E-state index in [-0.39, 0.29) is 0 Å². The van der Waals surface area contributed by atoms with Gasteiger partial charge in [0, 0.05) is 0 Å². The molecule has 0 N–H and O–H groups in total. The molecule has 46 valence electrons. The zero-order chi connectivity index (χ0) is 6.85. The molecule has 9 heavy (non-hydrogen) atoms. The van der Waals surface area contributed by atoms with Crippen molar-refractivity contribution < 1.29 is 0 Å². The van der Waals surface area contributed by atoms with Gasteiger partial charge >= 0.3 is 0 Å². The van der Waals surface area contributed by atoms with E-state index < -0.39 is 0 Å². The van der Waals surface area contributed by atoms with Crippen molar-refractivity contribution in [2.45, 2.75) is 13.8 Å². The molecule has 0 saturated heterocycles. The first-order chi connectivity index (χ1) is 4.18. The average Bonchev–Trinajstić information content (AvgIpc) is 1.59. The molecular weight excluding hydrogens is 113 g/mol. The molecule has 0 aromatic carbocycles. The van der Waals surface area contributed by atoms with Crippen LogP contribution >= 0.6 is 0 Å². The minimum atomic E-state index is 0.792. The first-order valence-corrected chi connectivity index (χ1v) is 2.84. The van der Waals surface area contributed by atoms with Crippen molar-refractivity contribution in [1.82, 2.24) is 15.0 Å². The summed E-state index contributed by atoms with van der Waals surface area (Å²) in [5.41, 5.74) is 0.792. The number of rotatable bonds is 0. The Bertz CT molecular complexity index is 173. The van der Waals surface area contributed by atoms with E-state index in [1.807, 2.05) is 21.7 Å². The summed E-state index contributed by atoms with van der Waals surface area (Å²) in [4.78, 5) is 12.0. The van der Waals surface area contributed by atoms with Crippen LogP contribution in [0, 0.1) is 13.8 Å². The van der Waals surface area contributed by atoms with Gasteiger partial charge in [-0.25, -0.2) is 15.0 Å². The van der Waals surface area contributed by atoms with Gasteiger partial charge in [0.15, 0.2) is 7.85 Å². The summed E-state index contributed by atoms with van der Waals surface area (Å²) in [7, 11) is 1.86. The molecule has 1 rings (SSSR count). The quantitative estimate of drug-likeness (QED) is 0.402. The Morgan fingerprint density at radius 3 is 1.78 bits per heavy atom. The largest absolute Gasteiger partial charge is 0.230 e. The van der Waals surface area contributed by atoms with Crippen LogP contribution in [0.5, 0.6) is 0 Å². The van der Waals surface area contributed by atoms with Gasteiger partial charge in [-0.15, -0.1) is 0 Å². The van der Waals surface area contributed by atoms with Crippen molar-refractivity contribution in [3.8, 4) is 0 Å². The highest BCUT2D eigenvalue weighted by molar-refractivity contribution is 6.28. The molecule has 0 aliphatic heterocycles. The third-order valence-electron chi connectivity index (χ3n) is 0.971. The fourth-order valence-electron chi connectivity index (χ4n) is 0.777. The van der Waals surface area contributed by atoms with E-state index in [0.29, 0.717) is 0 Å². The lowest BCUT2D eigenvalue weighted by Gasteiger charge is -1.94. The van der Waals surface area contributed by atoms with Crippen LogP contribution in [0.1, 0.15) is 11.6 Å². The lowest BCUT2D eigenvalue weighted by Crippen LogP contribution is -2.17. The Morgan fingerprint density at radius 2 is 1.44 bits per heavy atom. The van der Waals surface area contributed by atoms with Gasteiger partial charge in [0.25, 0.3) is 0 Å². The van der Waals surface area contributed by atoms with Gasteiger partial charge in [-0.2, -0.15) is 0 Å². The summed E-state index contributed by atoms with van der Waals surface area (Å²) in [6.45, 7) is 3.73. The van der Waals surface area contributed by atoms with E-state index in [9.17, 15) is 0 Å². The molecule has 0 saturated carbocycles. The second-order valence-corrected chi connectivity index (χ2v) is 1.98. The summed E-state index contributed by atoms with van der Waals surface area (Å²) in [5, 5.41) is 0. The number of hydrogen-bond acceptors (Lipinski definition) is 3. The topological polar surface area (TPSA) is 38.7 Å². The molecule has 0 bridgehead atoms. The van der Waals surface area contributed by atoms with Gasteiger partial charge in [0.1, 0.15) is 11.6 Å². The van der Waals surface area contributed by atoms with E-state index in [0.717, 1.165) is 17.4 Å². The lowest BCUT2D eigenvalue weighted by molar-refractivity contribution is 0.949. The molecular formula is C5H8BN3. The van der Waals surface area contributed by atoms with Gasteiger partial charge in [-0.1, -0.05) is 0 Å². The normalized spacial score (nSPS) is 9.56. The summed E-state index contributed by atoms with van der Waals surface area (Å²) in [6, 6.07) is 0. The van der Waals surface area contributed by atoms with Gasteiger partial charge in [-0.05, 0) is 13.8 Å². The number of aromatic nitrogens is 3. The number of aryl methyl sites for hydroxylation is 2. The molecule has 0 aliphatic carbocycles. The molecule has 0 aliphatic rings. The molecule has 0 radical (unpaired) electrons. The van der Waals surface area contributed by atoms with Gasteiger partial charge in [0.05, 0.1) is 5.72 Å². The lowest BCUT2D eigenvalue weighted by atomic mass is 10.1. The molecule has 1 aromatic rings. The molecule has 0 amide bonds. The maximum Gasteiger partial charge on any atom is 0.189 e. The predicted molar refractivity (Wildman–Crippen MR) is 37.5 cm³/mol. The Morgan fingerprint density at radius 1 is 1.00 bits per heavy atom. The van der Waals surface area contributed by atoms with Crippen LogP contribution < -0.4 is 5.72 Å². The average molecular weight is 121 g/mol. The highest BCUT2D eigenvalue weighted by Crippen LogP contribution is 1.81. The summed E-state index contributed by atoms with van der Waals surface area (Å²) in [6.07, 6.45) is 0. The zero-order valence-electron chi connectivity index (χ0n) is 5.84. The van der Waals surface area contributed by atoms with Crippen LogP contribution in [0.3, 0.4) is 0 Å². The van der Waals surface area contributed by atoms with Crippen LogP contribution in [-0.2, 0) is 0 Å². The van der Waals surface area contributed by atoms with Crippen LogP contribution in [-0.4, -0.2) is 22.8 Å². The Labute approximate surface area is 55.0 Å². The molecule has 0 unspecified atom stereocenters. The molecule has 0 spiro atoms. The highest BCUT2D eigenvalue weighted by Gasteiger charge is 1.91. The summed E-state index contributed by atoms with van der Waals surface area (Å²) >= 11 is 0. The first kappa shape index (κ1) is 6.20. The minimum absolute atomic E-state index is 0.792. The molecule has 4 heteroatoms. The van der Waals surface area contributed by atoms with Crippen LogP contribution in [0.4, 0.5) is 0 Å². The molecule has 0 atom stereocenters. The van der Waals surface area contributed by atoms with Crippen LogP contribution in [0.25, 0.3) is 0 Å². The van der Waals surface area contributed by atoms with E-state index in [1.54, 1.807) is 0 Å². The van der Waals surface area contributed by atoms with Gasteiger partial charge in [-0.3, -0.25) is 0 Å². The Balaban J connectivity index is 3.17. The second kappa shape index (κ2) is 2.13. The highest BCUT2D eigenvalue weighted by atomic mass is 15.0. The maximum atomic E-state index is 4.01. The van der Waals surface area contributed by atoms with Crippen molar-refractivity contribution in [2.24, 2.45) is 0 Å². The van der Waals surface area contributed by atoms with Crippen molar-refractivity contribution >= 4 is 13.6 Å². The van der Waals surface area contributed by atoms with Gasteiger partial charge < -0.3 is 0 Å². The van der Waals surface area contributed by atoms with Crippen molar-refractivity contribution in [2.75, 3.05) is 0 Å². The fraction of sp³-hybridized carbons (Fsp3) is 0.400. The second-order valence-electron chi connectivity index (χ2n) is 1.98. The van der Waals surface area contributed by atoms with E-state index >= 15 is 0 Å². The molecule has 1 aromatic heterocycles. The summed E-state index contributed by atoms with van der Waals surface area (Å²) in [5.74, 6) is 1.58. The summed E-state index contributed by atoms with van der Waals surface area (Å²) < 4.78 is 0. The Kier molecular flexibility index (Phi) is 1.47. The van der Waals surface area contributed by atoms with Crippen molar-refractivity contribution in [3.05, 3.63) is 11.6 Å². The Hall–Kier alpha value is -0.925. The monoisotopic (exact) mass is 121 g/mol. The third-order valence-corrected chi connectivity index (χ3v) is 0.971. The van der Waals surface area contributed by atoms with Crippen LogP contribution in [0.2, 0.25) is 0 Å². The molecule has 1 heterocycles. The standard InChI is InChI=1S/C5H8BN3/c1-3-7-4(2)9-5(6)8-3/h6H2,1-2H3.